The Kier molecular flexibility index (Phi) is 32.6. The SMILES string of the molecule is C=COC(C)=O.CCCc1cc(=O)oc2c(C(=O)[C@@H](C)[C@H](C)O)c(O)c3c(c12)OC(C)(C)C=C3.CCCc1cc(=O)oc2c(C(=O)[C@@H](C)[C@H](C)O)c(O)c3c(c12)OC(C)(C)C=C3.CCCc1cc(=O)oc2c(C(=O)[C@H](C)C(C)C)c(O)c3c(c12)OC(C)(C)C=C3.CCCc1cc(=O)oc2c3c(c4c(c12)OC(C)(C)C=C4)O[C@H](C)[C@H](C)C3=O.CCCc1cc(=O)oc2c3c(c4c(c12)OC(C)(C)C=C4)O[C@H](C)[C@H](C)[C@@H]3O. The summed E-state index contributed by atoms with van der Waals surface area (Å²) in [7, 11) is 0. The van der Waals surface area contributed by atoms with Crippen molar-refractivity contribution in [3.05, 3.63) is 209 Å². The fourth-order valence-electron chi connectivity index (χ4n) is 18.3. The number of aromatic hydroxyl groups is 3. The number of aliphatic hydroxyl groups excluding tert-OH is 3. The number of ketones is 4. The van der Waals surface area contributed by atoms with E-state index in [2.05, 4.69) is 18.2 Å². The third-order valence-corrected chi connectivity index (χ3v) is 27.0. The molecule has 0 spiro atoms. The van der Waals surface area contributed by atoms with E-state index in [-0.39, 0.29) is 110 Å². The molecule has 0 fully saturated rings. The molecule has 770 valence electrons. The third kappa shape index (κ3) is 22.1. The van der Waals surface area contributed by atoms with E-state index < -0.39 is 97.8 Å². The van der Waals surface area contributed by atoms with E-state index >= 15 is 0 Å². The zero-order valence-corrected chi connectivity index (χ0v) is 87.4. The number of phenols is 3. The number of phenolic OH excluding ortho intramolecular Hbond substituents is 3. The number of carbonyl (C=O) groups is 5. The van der Waals surface area contributed by atoms with Gasteiger partial charge in [-0.3, -0.25) is 24.0 Å². The molecule has 5 aromatic carbocycles. The molecule has 7 aliphatic rings. The molecule has 0 radical (unpaired) electrons. The molecular formula is C115H136O29. The van der Waals surface area contributed by atoms with Gasteiger partial charge in [-0.15, -0.1) is 0 Å². The van der Waals surface area contributed by atoms with Crippen molar-refractivity contribution in [3.63, 3.8) is 0 Å². The van der Waals surface area contributed by atoms with E-state index in [0.717, 1.165) is 78.0 Å². The van der Waals surface area contributed by atoms with Gasteiger partial charge in [0.05, 0.1) is 90.8 Å². The molecule has 144 heavy (non-hydrogen) atoms. The largest absolute Gasteiger partial charge is 0.506 e. The van der Waals surface area contributed by atoms with Gasteiger partial charge in [-0.25, -0.2) is 24.0 Å². The standard InChI is InChI=1S/C23H28O5.2C22H26O6.C22H26O5.C22H24O5.C4H6O2/c1-7-8-14-11-16(24)27-22-17(14)21-15(9-10-23(5,6)28-21)20(26)18(22)19(25)13(4)12(2)3;2*1-6-7-13-10-15(24)27-21-16(13)20-14(8-9-22(4,5)28-20)19(26)17(21)18(25)11(2)12(3)23;2*1-6-7-13-10-15(23)26-21-16(13)20-14(8-9-22(4,5)27-20)19-17(21)18(24)11(2)12(3)25-19;1-3-6-4(2)5/h9-13,26H,7-8H2,1-6H3;2*8-12,23,26H,6-7H2,1-5H3;8-12,18,24H,6-7H2,1-5H3;8-12H,6-7H2,1-5H3;3H,1H2,2H3/t13-;2*11-,12-;11-,12+,18-;11-,12+;/m10000./s1. The molecule has 0 aliphatic carbocycles. The van der Waals surface area contributed by atoms with Gasteiger partial charge in [0.15, 0.2) is 51.0 Å². The topological polar surface area (TPSA) is 432 Å². The second kappa shape index (κ2) is 42.9. The van der Waals surface area contributed by atoms with Gasteiger partial charge in [-0.1, -0.05) is 122 Å². The van der Waals surface area contributed by atoms with Crippen molar-refractivity contribution in [2.45, 2.75) is 310 Å². The fraction of sp³-hybridized carbons (Fsp3) is 0.461. The molecule has 0 saturated heterocycles. The van der Waals surface area contributed by atoms with Crippen LogP contribution < -0.4 is 61.3 Å². The van der Waals surface area contributed by atoms with Gasteiger partial charge in [-0.2, -0.15) is 0 Å². The summed E-state index contributed by atoms with van der Waals surface area (Å²) in [6.45, 7) is 53.3. The molecular weight excluding hydrogens is 1850 g/mol. The van der Waals surface area contributed by atoms with Gasteiger partial charge >= 0.3 is 34.1 Å². The Balaban J connectivity index is 0.000000158. The lowest BCUT2D eigenvalue weighted by Crippen LogP contribution is -2.35. The number of benzene rings is 5. The maximum atomic E-state index is 13.2. The first-order valence-corrected chi connectivity index (χ1v) is 49.6. The first kappa shape index (κ1) is 109. The molecule has 0 unspecified atom stereocenters. The summed E-state index contributed by atoms with van der Waals surface area (Å²) < 4.78 is 75.0. The molecule has 0 saturated carbocycles. The normalized spacial score (nSPS) is 19.1. The number of fused-ring (bicyclic) bond motifs is 21. The lowest BCUT2D eigenvalue weighted by Gasteiger charge is -2.37. The summed E-state index contributed by atoms with van der Waals surface area (Å²) in [6.07, 6.45) is 24.0. The van der Waals surface area contributed by atoms with Crippen LogP contribution in [0.15, 0.2) is 120 Å². The minimum absolute atomic E-state index is 0.01000. The lowest BCUT2D eigenvalue weighted by atomic mass is 9.85. The van der Waals surface area contributed by atoms with Crippen LogP contribution in [0.25, 0.3) is 85.2 Å². The average molecular weight is 1980 g/mol. The first-order chi connectivity index (χ1) is 67.4. The number of aryl methyl sites for hydroxylation is 5. The summed E-state index contributed by atoms with van der Waals surface area (Å²) >= 11 is 0. The van der Waals surface area contributed by atoms with E-state index in [1.165, 1.54) is 51.1 Å². The van der Waals surface area contributed by atoms with Gasteiger partial charge in [0, 0.05) is 60.9 Å². The predicted octanol–water partition coefficient (Wildman–Crippen LogP) is 22.4. The molecule has 6 N–H and O–H groups in total. The minimum atomic E-state index is -0.922. The van der Waals surface area contributed by atoms with Crippen LogP contribution in [0.1, 0.15) is 328 Å². The highest BCUT2D eigenvalue weighted by molar-refractivity contribution is 6.17. The zero-order chi connectivity index (χ0) is 106. The summed E-state index contributed by atoms with van der Waals surface area (Å²) in [5.74, 6) is -1.12. The quantitative estimate of drug-likeness (QED) is 0.0179. The molecule has 29 heteroatoms. The Morgan fingerprint density at radius 1 is 0.389 bits per heavy atom. The van der Waals surface area contributed by atoms with Crippen LogP contribution in [0, 0.1) is 35.5 Å². The summed E-state index contributed by atoms with van der Waals surface area (Å²) in [4.78, 5) is 123. The van der Waals surface area contributed by atoms with E-state index in [0.29, 0.717) is 132 Å². The Labute approximate surface area is 836 Å². The predicted molar refractivity (Wildman–Crippen MR) is 555 cm³/mol. The molecule has 12 heterocycles. The molecule has 29 nitrogen and oxygen atoms in total. The van der Waals surface area contributed by atoms with E-state index in [4.69, 9.17) is 55.2 Å². The van der Waals surface area contributed by atoms with Gasteiger partial charge in [-0.05, 0) is 224 Å². The molecule has 0 amide bonds. The maximum absolute atomic E-state index is 13.2. The Morgan fingerprint density at radius 2 is 0.653 bits per heavy atom. The van der Waals surface area contributed by atoms with Gasteiger partial charge in [0.25, 0.3) is 0 Å². The second-order valence-electron chi connectivity index (χ2n) is 41.3. The zero-order valence-electron chi connectivity index (χ0n) is 87.4. The Bertz CT molecular complexity index is 6860. The highest BCUT2D eigenvalue weighted by Crippen LogP contribution is 2.56. The number of rotatable bonds is 20. The van der Waals surface area contributed by atoms with Crippen molar-refractivity contribution in [1.29, 1.82) is 0 Å². The van der Waals surface area contributed by atoms with Crippen molar-refractivity contribution in [1.82, 2.24) is 0 Å². The molecule has 10 aromatic rings. The highest BCUT2D eigenvalue weighted by Gasteiger charge is 2.45. The van der Waals surface area contributed by atoms with Crippen molar-refractivity contribution in [3.8, 4) is 57.5 Å². The third-order valence-electron chi connectivity index (χ3n) is 27.0. The van der Waals surface area contributed by atoms with Crippen LogP contribution in [0.2, 0.25) is 0 Å². The Morgan fingerprint density at radius 3 is 0.938 bits per heavy atom. The smallest absolute Gasteiger partial charge is 0.336 e. The number of aliphatic hydroxyl groups is 3. The van der Waals surface area contributed by atoms with Crippen LogP contribution in [-0.2, 0) is 41.6 Å². The van der Waals surface area contributed by atoms with Crippen molar-refractivity contribution < 1.29 is 115 Å². The van der Waals surface area contributed by atoms with Gasteiger partial charge in [0.2, 0.25) is 0 Å². The highest BCUT2D eigenvalue weighted by atomic mass is 16.5. The van der Waals surface area contributed by atoms with Crippen LogP contribution >= 0.6 is 0 Å². The van der Waals surface area contributed by atoms with Crippen molar-refractivity contribution in [2.75, 3.05) is 0 Å². The van der Waals surface area contributed by atoms with Gasteiger partial charge < -0.3 is 90.6 Å². The second-order valence-corrected chi connectivity index (χ2v) is 41.3. The number of hydrogen-bond donors (Lipinski definition) is 6. The minimum Gasteiger partial charge on any atom is -0.506 e. The van der Waals surface area contributed by atoms with Crippen LogP contribution in [0.3, 0.4) is 0 Å². The molecule has 7 aliphatic heterocycles. The molecule has 5 aromatic heterocycles. The Hall–Kier alpha value is -13.4. The summed E-state index contributed by atoms with van der Waals surface area (Å²) in [5.41, 5.74) is 2.83. The van der Waals surface area contributed by atoms with Crippen molar-refractivity contribution >= 4 is 114 Å². The van der Waals surface area contributed by atoms with Crippen LogP contribution in [-0.4, -0.2) is 112 Å². The number of Topliss-reactive ketones (excluding diaryl/α,β-unsaturated/α-hetero) is 4. The molecule has 10 atom stereocenters. The number of esters is 1. The monoisotopic (exact) mass is 1980 g/mol. The summed E-state index contributed by atoms with van der Waals surface area (Å²) in [6, 6.07) is 7.31. The first-order valence-electron chi connectivity index (χ1n) is 49.6. The molecule has 0 bridgehead atoms. The van der Waals surface area contributed by atoms with Crippen LogP contribution in [0.5, 0.6) is 57.5 Å². The van der Waals surface area contributed by atoms with E-state index in [1.54, 1.807) is 44.2 Å². The number of hydrogen-bond acceptors (Lipinski definition) is 29. The maximum Gasteiger partial charge on any atom is 0.336 e. The summed E-state index contributed by atoms with van der Waals surface area (Å²) in [5, 5.41) is 66.7. The van der Waals surface area contributed by atoms with Crippen molar-refractivity contribution in [2.24, 2.45) is 35.5 Å². The lowest BCUT2D eigenvalue weighted by molar-refractivity contribution is -0.135. The van der Waals surface area contributed by atoms with Crippen LogP contribution in [0.4, 0.5) is 0 Å². The van der Waals surface area contributed by atoms with Gasteiger partial charge in [0.1, 0.15) is 120 Å². The molecule has 17 rings (SSSR count). The fourth-order valence-corrected chi connectivity index (χ4v) is 18.3. The van der Waals surface area contributed by atoms with E-state index in [1.807, 2.05) is 176 Å². The average Bonchev–Trinajstić information content (AvgIpc) is 0.715. The number of carbonyl (C=O) groups excluding carboxylic acids is 5. The number of ether oxygens (including phenoxy) is 8. The van der Waals surface area contributed by atoms with E-state index in [9.17, 15) is 78.6 Å².